The van der Waals surface area contributed by atoms with Gasteiger partial charge in [0, 0.05) is 10.9 Å². The summed E-state index contributed by atoms with van der Waals surface area (Å²) in [5.74, 6) is -0.442. The lowest BCUT2D eigenvalue weighted by Gasteiger charge is -2.04. The zero-order valence-corrected chi connectivity index (χ0v) is 12.0. The fraction of sp³-hybridized carbons (Fsp3) is 0.133. The van der Waals surface area contributed by atoms with E-state index in [0.717, 1.165) is 5.56 Å². The molecule has 0 spiro atoms. The van der Waals surface area contributed by atoms with Gasteiger partial charge in [-0.1, -0.05) is 12.1 Å². The standard InChI is InChI=1S/C15H11FN2O2S/c1-9(19)6-18-8-17-14-13(15(18)20)12(7-21-14)10-2-4-11(16)5-3-10/h2-5,7-8H,6H2,1H3. The highest BCUT2D eigenvalue weighted by Crippen LogP contribution is 2.30. The number of Topliss-reactive ketones (excluding diaryl/α,β-unsaturated/α-hetero) is 1. The molecule has 0 amide bonds. The molecule has 0 atom stereocenters. The predicted molar refractivity (Wildman–Crippen MR) is 80.0 cm³/mol. The second kappa shape index (κ2) is 5.21. The molecule has 21 heavy (non-hydrogen) atoms. The molecular weight excluding hydrogens is 291 g/mol. The predicted octanol–water partition coefficient (Wildman–Crippen LogP) is 2.85. The summed E-state index contributed by atoms with van der Waals surface area (Å²) in [5.41, 5.74) is 1.21. The van der Waals surface area contributed by atoms with Gasteiger partial charge < -0.3 is 0 Å². The minimum absolute atomic E-state index is 0.000474. The van der Waals surface area contributed by atoms with E-state index in [1.54, 1.807) is 12.1 Å². The second-order valence-electron chi connectivity index (χ2n) is 4.72. The molecule has 2 heterocycles. The summed E-state index contributed by atoms with van der Waals surface area (Å²) in [7, 11) is 0. The third-order valence-electron chi connectivity index (χ3n) is 3.11. The molecule has 0 saturated heterocycles. The number of hydrogen-bond donors (Lipinski definition) is 0. The molecule has 3 aromatic rings. The first-order chi connectivity index (χ1) is 10.1. The van der Waals surface area contributed by atoms with Crippen LogP contribution in [0.15, 0.2) is 40.8 Å². The van der Waals surface area contributed by atoms with Crippen LogP contribution >= 0.6 is 11.3 Å². The van der Waals surface area contributed by atoms with Crippen molar-refractivity contribution in [3.05, 3.63) is 52.1 Å². The Bertz CT molecular complexity index is 881. The lowest BCUT2D eigenvalue weighted by molar-refractivity contribution is -0.117. The van der Waals surface area contributed by atoms with Crippen LogP contribution < -0.4 is 5.56 Å². The Hall–Kier alpha value is -2.34. The highest BCUT2D eigenvalue weighted by atomic mass is 32.1. The zero-order chi connectivity index (χ0) is 15.0. The first kappa shape index (κ1) is 13.6. The van der Waals surface area contributed by atoms with Crippen molar-refractivity contribution in [2.45, 2.75) is 13.5 Å². The fourth-order valence-corrected chi connectivity index (χ4v) is 3.07. The molecule has 0 aliphatic heterocycles. The molecule has 1 aromatic carbocycles. The van der Waals surface area contributed by atoms with Crippen LogP contribution in [0.4, 0.5) is 4.39 Å². The largest absolute Gasteiger partial charge is 0.298 e. The van der Waals surface area contributed by atoms with Crippen molar-refractivity contribution < 1.29 is 9.18 Å². The Balaban J connectivity index is 2.22. The van der Waals surface area contributed by atoms with Gasteiger partial charge in [0.1, 0.15) is 16.4 Å². The molecule has 0 unspecified atom stereocenters. The highest BCUT2D eigenvalue weighted by Gasteiger charge is 2.13. The van der Waals surface area contributed by atoms with Gasteiger partial charge in [-0.05, 0) is 24.6 Å². The van der Waals surface area contributed by atoms with E-state index in [-0.39, 0.29) is 23.7 Å². The maximum Gasteiger partial charge on any atom is 0.263 e. The van der Waals surface area contributed by atoms with Crippen LogP contribution in [0.25, 0.3) is 21.3 Å². The van der Waals surface area contributed by atoms with Crippen LogP contribution in [0.1, 0.15) is 6.92 Å². The lowest BCUT2D eigenvalue weighted by atomic mass is 10.1. The number of fused-ring (bicyclic) bond motifs is 1. The van der Waals surface area contributed by atoms with E-state index in [0.29, 0.717) is 15.8 Å². The van der Waals surface area contributed by atoms with Gasteiger partial charge in [-0.25, -0.2) is 9.37 Å². The van der Waals surface area contributed by atoms with E-state index in [1.165, 1.54) is 41.3 Å². The van der Waals surface area contributed by atoms with E-state index in [4.69, 9.17) is 0 Å². The number of thiophene rings is 1. The molecule has 0 bridgehead atoms. The molecule has 0 saturated carbocycles. The first-order valence-electron chi connectivity index (χ1n) is 6.28. The average molecular weight is 302 g/mol. The number of benzene rings is 1. The first-order valence-corrected chi connectivity index (χ1v) is 7.16. The molecule has 2 aromatic heterocycles. The SMILES string of the molecule is CC(=O)Cn1cnc2scc(-c3ccc(F)cc3)c2c1=O. The summed E-state index contributed by atoms with van der Waals surface area (Å²) in [6.45, 7) is 1.42. The average Bonchev–Trinajstić information content (AvgIpc) is 2.87. The summed E-state index contributed by atoms with van der Waals surface area (Å²) in [6.07, 6.45) is 1.39. The highest BCUT2D eigenvalue weighted by molar-refractivity contribution is 7.17. The van der Waals surface area contributed by atoms with Crippen molar-refractivity contribution in [1.29, 1.82) is 0 Å². The maximum absolute atomic E-state index is 13.0. The summed E-state index contributed by atoms with van der Waals surface area (Å²) < 4.78 is 14.3. The van der Waals surface area contributed by atoms with Gasteiger partial charge in [0.05, 0.1) is 18.3 Å². The molecule has 6 heteroatoms. The van der Waals surface area contributed by atoms with Gasteiger partial charge >= 0.3 is 0 Å². The van der Waals surface area contributed by atoms with Crippen LogP contribution in [-0.4, -0.2) is 15.3 Å². The minimum Gasteiger partial charge on any atom is -0.298 e. The molecular formula is C15H11FN2O2S. The Labute approximate surface area is 123 Å². The third-order valence-corrected chi connectivity index (χ3v) is 4.00. The number of nitrogens with zero attached hydrogens (tertiary/aromatic N) is 2. The number of hydrogen-bond acceptors (Lipinski definition) is 4. The van der Waals surface area contributed by atoms with Gasteiger partial charge in [-0.2, -0.15) is 0 Å². The monoisotopic (exact) mass is 302 g/mol. The van der Waals surface area contributed by atoms with Gasteiger partial charge in [0.15, 0.2) is 0 Å². The summed E-state index contributed by atoms with van der Waals surface area (Å²) in [4.78, 5) is 28.5. The van der Waals surface area contributed by atoms with E-state index in [1.807, 2.05) is 5.38 Å². The quantitative estimate of drug-likeness (QED) is 0.747. The third kappa shape index (κ3) is 2.50. The molecule has 4 nitrogen and oxygen atoms in total. The normalized spacial score (nSPS) is 11.0. The Morgan fingerprint density at radius 3 is 2.71 bits per heavy atom. The fourth-order valence-electron chi connectivity index (χ4n) is 2.16. The maximum atomic E-state index is 13.0. The van der Waals surface area contributed by atoms with Crippen LogP contribution in [-0.2, 0) is 11.3 Å². The van der Waals surface area contributed by atoms with Crippen molar-refractivity contribution in [2.24, 2.45) is 0 Å². The summed E-state index contributed by atoms with van der Waals surface area (Å²) in [5, 5.41) is 2.29. The molecule has 0 N–H and O–H groups in total. The number of carbonyl (C=O) groups excluding carboxylic acids is 1. The number of rotatable bonds is 3. The molecule has 0 aliphatic carbocycles. The summed E-state index contributed by atoms with van der Waals surface area (Å²) >= 11 is 1.35. The second-order valence-corrected chi connectivity index (χ2v) is 5.57. The minimum atomic E-state index is -0.328. The Morgan fingerprint density at radius 1 is 1.33 bits per heavy atom. The molecule has 0 aliphatic rings. The van der Waals surface area contributed by atoms with E-state index in [9.17, 15) is 14.0 Å². The van der Waals surface area contributed by atoms with Crippen LogP contribution in [0.3, 0.4) is 0 Å². The molecule has 0 radical (unpaired) electrons. The van der Waals surface area contributed by atoms with Crippen LogP contribution in [0.5, 0.6) is 0 Å². The van der Waals surface area contributed by atoms with E-state index >= 15 is 0 Å². The van der Waals surface area contributed by atoms with Crippen molar-refractivity contribution >= 4 is 27.3 Å². The lowest BCUT2D eigenvalue weighted by Crippen LogP contribution is -2.23. The zero-order valence-electron chi connectivity index (χ0n) is 11.2. The van der Waals surface area contributed by atoms with Crippen molar-refractivity contribution in [3.63, 3.8) is 0 Å². The topological polar surface area (TPSA) is 52.0 Å². The van der Waals surface area contributed by atoms with E-state index in [2.05, 4.69) is 4.98 Å². The van der Waals surface area contributed by atoms with Crippen molar-refractivity contribution in [2.75, 3.05) is 0 Å². The summed E-state index contributed by atoms with van der Waals surface area (Å²) in [6, 6.07) is 5.95. The van der Waals surface area contributed by atoms with Gasteiger partial charge in [0.25, 0.3) is 5.56 Å². The Morgan fingerprint density at radius 2 is 2.05 bits per heavy atom. The molecule has 106 valence electrons. The van der Waals surface area contributed by atoms with Gasteiger partial charge in [0.2, 0.25) is 0 Å². The van der Waals surface area contributed by atoms with E-state index < -0.39 is 0 Å². The van der Waals surface area contributed by atoms with Crippen LogP contribution in [0.2, 0.25) is 0 Å². The van der Waals surface area contributed by atoms with Crippen molar-refractivity contribution in [1.82, 2.24) is 9.55 Å². The number of halogens is 1. The van der Waals surface area contributed by atoms with Gasteiger partial charge in [-0.3, -0.25) is 14.2 Å². The number of carbonyl (C=O) groups is 1. The van der Waals surface area contributed by atoms with Gasteiger partial charge in [-0.15, -0.1) is 11.3 Å². The molecule has 0 fully saturated rings. The number of ketones is 1. The smallest absolute Gasteiger partial charge is 0.263 e. The number of aromatic nitrogens is 2. The van der Waals surface area contributed by atoms with Crippen molar-refractivity contribution in [3.8, 4) is 11.1 Å². The van der Waals surface area contributed by atoms with Crippen LogP contribution in [0, 0.1) is 5.82 Å². The Kier molecular flexibility index (Phi) is 3.39. The molecule has 3 rings (SSSR count).